The molecule has 0 radical (unpaired) electrons. The van der Waals surface area contributed by atoms with Gasteiger partial charge in [-0.1, -0.05) is 41.2 Å². The molecule has 0 unspecified atom stereocenters. The Morgan fingerprint density at radius 1 is 1.22 bits per heavy atom. The highest BCUT2D eigenvalue weighted by Gasteiger charge is 2.06. The maximum atomic E-state index is 11.7. The Kier molecular flexibility index (Phi) is 4.94. The number of aryl methyl sites for hydroxylation is 1. The molecule has 2 aromatic heterocycles. The van der Waals surface area contributed by atoms with Gasteiger partial charge >= 0.3 is 6.03 Å². The Balaban J connectivity index is 1.49. The van der Waals surface area contributed by atoms with Crippen LogP contribution in [0.3, 0.4) is 0 Å². The number of amides is 2. The molecule has 3 rings (SSSR count). The zero-order chi connectivity index (χ0) is 16.1. The molecule has 2 amide bonds. The van der Waals surface area contributed by atoms with Crippen LogP contribution in [0.1, 0.15) is 11.3 Å². The highest BCUT2D eigenvalue weighted by atomic mass is 32.1. The minimum absolute atomic E-state index is 0.282. The molecule has 0 aliphatic rings. The van der Waals surface area contributed by atoms with E-state index in [1.165, 1.54) is 16.9 Å². The third kappa shape index (κ3) is 4.33. The molecule has 3 aromatic rings. The van der Waals surface area contributed by atoms with Crippen LogP contribution in [0.15, 0.2) is 35.2 Å². The first-order valence-corrected chi connectivity index (χ1v) is 8.79. The van der Waals surface area contributed by atoms with E-state index >= 15 is 0 Å². The van der Waals surface area contributed by atoms with Crippen molar-refractivity contribution in [2.45, 2.75) is 13.3 Å². The van der Waals surface area contributed by atoms with Crippen LogP contribution in [0.2, 0.25) is 0 Å². The first-order valence-electron chi connectivity index (χ1n) is 7.03. The molecule has 6 nitrogen and oxygen atoms in total. The Hall–Kier alpha value is -2.32. The number of hydrogen-bond acceptors (Lipinski definition) is 6. The fourth-order valence-electron chi connectivity index (χ4n) is 1.92. The van der Waals surface area contributed by atoms with Gasteiger partial charge in [0.15, 0.2) is 0 Å². The quantitative estimate of drug-likeness (QED) is 0.743. The van der Waals surface area contributed by atoms with E-state index < -0.39 is 0 Å². The van der Waals surface area contributed by atoms with Gasteiger partial charge in [-0.3, -0.25) is 5.32 Å². The molecule has 2 N–H and O–H groups in total. The van der Waals surface area contributed by atoms with E-state index in [9.17, 15) is 4.79 Å². The van der Waals surface area contributed by atoms with Gasteiger partial charge in [0, 0.05) is 23.9 Å². The lowest BCUT2D eigenvalue weighted by molar-refractivity contribution is 0.252. The number of carbonyl (C=O) groups is 1. The zero-order valence-electron chi connectivity index (χ0n) is 12.4. The standard InChI is InChI=1S/C15H15N5OS2/c1-10-2-4-11(5-3-10)13-18-12(8-22-13)6-7-16-14(21)19-15-20-17-9-23-15/h2-5,8-9H,6-7H2,1H3,(H2,16,19,20,21). The van der Waals surface area contributed by atoms with Crippen molar-refractivity contribution in [1.82, 2.24) is 20.5 Å². The summed E-state index contributed by atoms with van der Waals surface area (Å²) >= 11 is 2.89. The van der Waals surface area contributed by atoms with Crippen LogP contribution < -0.4 is 10.6 Å². The molecular weight excluding hydrogens is 330 g/mol. The molecule has 118 valence electrons. The third-order valence-corrected chi connectivity index (χ3v) is 4.64. The van der Waals surface area contributed by atoms with Crippen molar-refractivity contribution >= 4 is 33.8 Å². The molecule has 0 saturated carbocycles. The third-order valence-electron chi connectivity index (χ3n) is 3.10. The molecule has 23 heavy (non-hydrogen) atoms. The number of carbonyl (C=O) groups excluding carboxylic acids is 1. The minimum Gasteiger partial charge on any atom is -0.337 e. The normalized spacial score (nSPS) is 10.5. The van der Waals surface area contributed by atoms with Crippen LogP contribution in [0.4, 0.5) is 9.93 Å². The van der Waals surface area contributed by atoms with E-state index in [0.29, 0.717) is 18.1 Å². The Morgan fingerprint density at radius 3 is 2.78 bits per heavy atom. The topological polar surface area (TPSA) is 79.8 Å². The number of anilines is 1. The maximum Gasteiger partial charge on any atom is 0.321 e. The summed E-state index contributed by atoms with van der Waals surface area (Å²) in [6, 6.07) is 8.03. The average Bonchev–Trinajstić information content (AvgIpc) is 3.20. The van der Waals surface area contributed by atoms with Crippen molar-refractivity contribution in [2.75, 3.05) is 11.9 Å². The largest absolute Gasteiger partial charge is 0.337 e. The van der Waals surface area contributed by atoms with Gasteiger partial charge in [0.05, 0.1) is 5.69 Å². The molecular formula is C15H15N5OS2. The van der Waals surface area contributed by atoms with Crippen molar-refractivity contribution in [3.05, 3.63) is 46.4 Å². The van der Waals surface area contributed by atoms with Crippen LogP contribution in [0, 0.1) is 6.92 Å². The highest BCUT2D eigenvalue weighted by Crippen LogP contribution is 2.24. The van der Waals surface area contributed by atoms with Crippen LogP contribution in [-0.4, -0.2) is 27.8 Å². The average molecular weight is 345 g/mol. The summed E-state index contributed by atoms with van der Waals surface area (Å²) in [7, 11) is 0. The van der Waals surface area contributed by atoms with Crippen LogP contribution in [-0.2, 0) is 6.42 Å². The monoisotopic (exact) mass is 345 g/mol. The summed E-state index contributed by atoms with van der Waals surface area (Å²) in [6.07, 6.45) is 0.686. The number of urea groups is 1. The van der Waals surface area contributed by atoms with Gasteiger partial charge in [-0.15, -0.1) is 21.5 Å². The van der Waals surface area contributed by atoms with Gasteiger partial charge in [-0.05, 0) is 6.92 Å². The number of aromatic nitrogens is 3. The molecule has 0 aliphatic carbocycles. The van der Waals surface area contributed by atoms with E-state index in [0.717, 1.165) is 16.3 Å². The smallest absolute Gasteiger partial charge is 0.321 e. The molecule has 8 heteroatoms. The molecule has 0 spiro atoms. The lowest BCUT2D eigenvalue weighted by Gasteiger charge is -2.03. The van der Waals surface area contributed by atoms with Crippen molar-refractivity contribution < 1.29 is 4.79 Å². The summed E-state index contributed by atoms with van der Waals surface area (Å²) in [5, 5.41) is 16.3. The van der Waals surface area contributed by atoms with Crippen LogP contribution >= 0.6 is 22.7 Å². The molecule has 0 fully saturated rings. The summed E-state index contributed by atoms with van der Waals surface area (Å²) in [6.45, 7) is 2.58. The molecule has 0 aliphatic heterocycles. The van der Waals surface area contributed by atoms with Gasteiger partial charge in [0.1, 0.15) is 10.5 Å². The van der Waals surface area contributed by atoms with Crippen molar-refractivity contribution in [1.29, 1.82) is 0 Å². The van der Waals surface area contributed by atoms with Crippen molar-refractivity contribution in [2.24, 2.45) is 0 Å². The van der Waals surface area contributed by atoms with Gasteiger partial charge in [0.25, 0.3) is 0 Å². The van der Waals surface area contributed by atoms with E-state index in [1.54, 1.807) is 16.8 Å². The first kappa shape index (κ1) is 15.6. The summed E-state index contributed by atoms with van der Waals surface area (Å²) < 4.78 is 0. The second-order valence-electron chi connectivity index (χ2n) is 4.88. The first-order chi connectivity index (χ1) is 11.2. The Bertz CT molecular complexity index is 768. The SMILES string of the molecule is Cc1ccc(-c2nc(CCNC(=O)Nc3nncs3)cs2)cc1. The zero-order valence-corrected chi connectivity index (χ0v) is 14.1. The molecule has 0 bridgehead atoms. The van der Waals surface area contributed by atoms with E-state index in [1.807, 2.05) is 5.38 Å². The van der Waals surface area contributed by atoms with Crippen molar-refractivity contribution in [3.63, 3.8) is 0 Å². The second kappa shape index (κ2) is 7.30. The van der Waals surface area contributed by atoms with Crippen molar-refractivity contribution in [3.8, 4) is 10.6 Å². The molecule has 2 heterocycles. The Morgan fingerprint density at radius 2 is 2.04 bits per heavy atom. The maximum absolute atomic E-state index is 11.7. The number of benzene rings is 1. The van der Waals surface area contributed by atoms with Gasteiger partial charge in [-0.2, -0.15) is 0 Å². The molecule has 0 saturated heterocycles. The van der Waals surface area contributed by atoms with Crippen LogP contribution in [0.5, 0.6) is 0 Å². The highest BCUT2D eigenvalue weighted by molar-refractivity contribution is 7.13. The lowest BCUT2D eigenvalue weighted by Crippen LogP contribution is -2.30. The number of hydrogen-bond donors (Lipinski definition) is 2. The van der Waals surface area contributed by atoms with Gasteiger partial charge < -0.3 is 5.32 Å². The fraction of sp³-hybridized carbons (Fsp3) is 0.200. The van der Waals surface area contributed by atoms with E-state index in [4.69, 9.17) is 0 Å². The number of rotatable bonds is 5. The minimum atomic E-state index is -0.282. The number of thiazole rings is 1. The fourth-order valence-corrected chi connectivity index (χ4v) is 3.22. The second-order valence-corrected chi connectivity index (χ2v) is 6.58. The Labute approximate surface area is 141 Å². The molecule has 0 atom stereocenters. The number of nitrogens with one attached hydrogen (secondary N) is 2. The predicted molar refractivity (Wildman–Crippen MR) is 92.9 cm³/mol. The van der Waals surface area contributed by atoms with E-state index in [2.05, 4.69) is 57.0 Å². The number of nitrogens with zero attached hydrogens (tertiary/aromatic N) is 3. The lowest BCUT2D eigenvalue weighted by atomic mass is 10.2. The summed E-state index contributed by atoms with van der Waals surface area (Å²) in [5.74, 6) is 0. The summed E-state index contributed by atoms with van der Waals surface area (Å²) in [4.78, 5) is 16.3. The summed E-state index contributed by atoms with van der Waals surface area (Å²) in [5.41, 5.74) is 4.89. The van der Waals surface area contributed by atoms with Crippen LogP contribution in [0.25, 0.3) is 10.6 Å². The predicted octanol–water partition coefficient (Wildman–Crippen LogP) is 3.33. The van der Waals surface area contributed by atoms with Gasteiger partial charge in [-0.25, -0.2) is 9.78 Å². The molecule has 1 aromatic carbocycles. The van der Waals surface area contributed by atoms with Gasteiger partial charge in [0.2, 0.25) is 5.13 Å². The van der Waals surface area contributed by atoms with E-state index in [-0.39, 0.29) is 6.03 Å².